The summed E-state index contributed by atoms with van der Waals surface area (Å²) in [6, 6.07) is 0. The summed E-state index contributed by atoms with van der Waals surface area (Å²) < 4.78 is 6.00. The van der Waals surface area contributed by atoms with E-state index < -0.39 is 17.9 Å². The molecule has 3 aliphatic rings. The van der Waals surface area contributed by atoms with Crippen LogP contribution in [0.4, 0.5) is 0 Å². The van der Waals surface area contributed by atoms with E-state index in [-0.39, 0.29) is 18.4 Å². The number of nitrogens with two attached hydrogens (primary N) is 1. The molecule has 3 aliphatic heterocycles. The molecule has 8 heteroatoms. The van der Waals surface area contributed by atoms with Gasteiger partial charge in [-0.2, -0.15) is 11.8 Å². The third-order valence-corrected chi connectivity index (χ3v) is 5.70. The van der Waals surface area contributed by atoms with Crippen molar-refractivity contribution in [3.05, 3.63) is 0 Å². The fraction of sp³-hybridized carbons (Fsp3) is 1.00. The highest BCUT2D eigenvalue weighted by molar-refractivity contribution is 7.98. The molecule has 3 rings (SSSR count). The van der Waals surface area contributed by atoms with Crippen molar-refractivity contribution < 1.29 is 14.9 Å². The highest BCUT2D eigenvalue weighted by Crippen LogP contribution is 2.38. The summed E-state index contributed by atoms with van der Waals surface area (Å²) in [5, 5.41) is 27.7. The molecule has 0 amide bonds. The van der Waals surface area contributed by atoms with Crippen LogP contribution in [0.25, 0.3) is 0 Å². The molecule has 3 fully saturated rings. The van der Waals surface area contributed by atoms with E-state index >= 15 is 0 Å². The third-order valence-electron chi connectivity index (χ3n) is 5.06. The molecule has 6 N–H and O–H groups in total. The van der Waals surface area contributed by atoms with Gasteiger partial charge in [-0.05, 0) is 19.6 Å². The largest absolute Gasteiger partial charge is 0.386 e. The van der Waals surface area contributed by atoms with Crippen LogP contribution in [0.15, 0.2) is 0 Å². The second-order valence-corrected chi connectivity index (χ2v) is 7.30. The normalized spacial score (nSPS) is 51.3. The first kappa shape index (κ1) is 15.9. The summed E-state index contributed by atoms with van der Waals surface area (Å²) in [7, 11) is 0. The lowest BCUT2D eigenvalue weighted by atomic mass is 9.95. The first-order chi connectivity index (χ1) is 9.96. The Morgan fingerprint density at radius 1 is 1.48 bits per heavy atom. The quantitative estimate of drug-likeness (QED) is 0.418. The number of nitrogens with one attached hydrogen (secondary N) is 2. The minimum absolute atomic E-state index is 0.0395. The molecule has 0 aromatic carbocycles. The van der Waals surface area contributed by atoms with Crippen LogP contribution in [0.1, 0.15) is 13.3 Å². The first-order valence-electron chi connectivity index (χ1n) is 7.49. The molecule has 7 atom stereocenters. The smallest absolute Gasteiger partial charge is 0.141 e. The van der Waals surface area contributed by atoms with Crippen LogP contribution < -0.4 is 16.4 Å². The van der Waals surface area contributed by atoms with Crippen molar-refractivity contribution in [2.45, 2.75) is 49.7 Å². The fourth-order valence-electron chi connectivity index (χ4n) is 3.68. The van der Waals surface area contributed by atoms with Crippen LogP contribution in [0, 0.1) is 5.92 Å². The van der Waals surface area contributed by atoms with Gasteiger partial charge in [0.25, 0.3) is 0 Å². The second kappa shape index (κ2) is 5.93. The van der Waals surface area contributed by atoms with Gasteiger partial charge in [0.2, 0.25) is 0 Å². The van der Waals surface area contributed by atoms with Gasteiger partial charge in [-0.3, -0.25) is 15.5 Å². The molecule has 7 nitrogen and oxygen atoms in total. The van der Waals surface area contributed by atoms with Crippen molar-refractivity contribution in [3.63, 3.8) is 0 Å². The number of hydrogen-bond acceptors (Lipinski definition) is 8. The van der Waals surface area contributed by atoms with E-state index in [4.69, 9.17) is 10.5 Å². The molecule has 122 valence electrons. The Morgan fingerprint density at radius 2 is 2.24 bits per heavy atom. The predicted molar refractivity (Wildman–Crippen MR) is 81.4 cm³/mol. The first-order valence-corrected chi connectivity index (χ1v) is 8.89. The molecule has 3 heterocycles. The molecule has 21 heavy (non-hydrogen) atoms. The zero-order valence-electron chi connectivity index (χ0n) is 12.5. The van der Waals surface area contributed by atoms with E-state index in [1.165, 1.54) is 0 Å². The summed E-state index contributed by atoms with van der Waals surface area (Å²) >= 11 is 1.61. The summed E-state index contributed by atoms with van der Waals surface area (Å²) in [5.41, 5.74) is 4.89. The lowest BCUT2D eigenvalue weighted by Gasteiger charge is -2.39. The van der Waals surface area contributed by atoms with E-state index in [1.807, 2.05) is 6.26 Å². The van der Waals surface area contributed by atoms with Gasteiger partial charge in [-0.25, -0.2) is 0 Å². The maximum Gasteiger partial charge on any atom is 0.141 e. The average Bonchev–Trinajstić information content (AvgIpc) is 2.95. The minimum atomic E-state index is -1.22. The molecule has 3 saturated heterocycles. The highest BCUT2D eigenvalue weighted by atomic mass is 32.2. The van der Waals surface area contributed by atoms with Crippen LogP contribution in [0.5, 0.6) is 0 Å². The van der Waals surface area contributed by atoms with Gasteiger partial charge in [0.05, 0.1) is 18.4 Å². The second-order valence-electron chi connectivity index (χ2n) is 6.39. The summed E-state index contributed by atoms with van der Waals surface area (Å²) in [5.74, 6) is 0.955. The van der Waals surface area contributed by atoms with Crippen molar-refractivity contribution in [2.24, 2.45) is 11.7 Å². The molecule has 0 aliphatic carbocycles. The number of thioether (sulfide) groups is 1. The topological polar surface area (TPSA) is 103 Å². The standard InChI is InChI=1S/C13H26N4O3S/c1-13(19)8(5-21-2)20-12(9(13)18)17-4-3-7-10(14)15-6-16-11(7)17/h7-12,15-16,18-19H,3-6,14H2,1-2H3/t7?,8-,9+,10?,11?,12-,13-/m1/s1. The summed E-state index contributed by atoms with van der Waals surface area (Å²) in [4.78, 5) is 2.12. The Labute approximate surface area is 129 Å². The van der Waals surface area contributed by atoms with Crippen LogP contribution in [0.3, 0.4) is 0 Å². The fourth-order valence-corrected chi connectivity index (χ4v) is 4.40. The highest BCUT2D eigenvalue weighted by Gasteiger charge is 2.56. The Balaban J connectivity index is 1.75. The molecule has 3 unspecified atom stereocenters. The number of aliphatic hydroxyl groups excluding tert-OH is 1. The summed E-state index contributed by atoms with van der Waals surface area (Å²) in [6.07, 6.45) is 1.21. The van der Waals surface area contributed by atoms with Crippen molar-refractivity contribution in [1.82, 2.24) is 15.5 Å². The number of rotatable bonds is 3. The van der Waals surface area contributed by atoms with Gasteiger partial charge in [-0.1, -0.05) is 0 Å². The van der Waals surface area contributed by atoms with Crippen LogP contribution in [0.2, 0.25) is 0 Å². The zero-order valence-corrected chi connectivity index (χ0v) is 13.3. The van der Waals surface area contributed by atoms with E-state index in [9.17, 15) is 10.2 Å². The lowest BCUT2D eigenvalue weighted by molar-refractivity contribution is -0.104. The summed E-state index contributed by atoms with van der Waals surface area (Å²) in [6.45, 7) is 3.11. The third kappa shape index (κ3) is 2.61. The Bertz CT molecular complexity index is 386. The van der Waals surface area contributed by atoms with Gasteiger partial charge >= 0.3 is 0 Å². The molecule has 0 aromatic heterocycles. The van der Waals surface area contributed by atoms with Crippen LogP contribution >= 0.6 is 11.8 Å². The SMILES string of the molecule is CSC[C@H]1O[C@@H](N2CCC3C(N)NCNC32)[C@H](O)[C@]1(C)O. The molecule has 0 spiro atoms. The van der Waals surface area contributed by atoms with Gasteiger partial charge < -0.3 is 20.7 Å². The van der Waals surface area contributed by atoms with Gasteiger partial charge in [0.15, 0.2) is 0 Å². The van der Waals surface area contributed by atoms with E-state index in [0.29, 0.717) is 18.3 Å². The Hall–Kier alpha value is 0.0700. The monoisotopic (exact) mass is 318 g/mol. The number of aliphatic hydroxyl groups is 2. The zero-order chi connectivity index (χ0) is 15.2. The van der Waals surface area contributed by atoms with Crippen molar-refractivity contribution in [2.75, 3.05) is 25.2 Å². The minimum Gasteiger partial charge on any atom is -0.386 e. The number of nitrogens with zero attached hydrogens (tertiary/aromatic N) is 1. The van der Waals surface area contributed by atoms with Crippen molar-refractivity contribution in [1.29, 1.82) is 0 Å². The van der Waals surface area contributed by atoms with Crippen LogP contribution in [-0.4, -0.2) is 76.7 Å². The van der Waals surface area contributed by atoms with Gasteiger partial charge in [0.1, 0.15) is 17.9 Å². The van der Waals surface area contributed by atoms with Gasteiger partial charge in [0, 0.05) is 24.9 Å². The van der Waals surface area contributed by atoms with E-state index in [1.54, 1.807) is 18.7 Å². The maximum atomic E-state index is 10.6. The average molecular weight is 318 g/mol. The number of fused-ring (bicyclic) bond motifs is 1. The molecular formula is C13H26N4O3S. The molecule has 0 aromatic rings. The maximum absolute atomic E-state index is 10.6. The number of likely N-dealkylation sites (tertiary alicyclic amines) is 1. The van der Waals surface area contributed by atoms with Crippen molar-refractivity contribution >= 4 is 11.8 Å². The van der Waals surface area contributed by atoms with E-state index in [0.717, 1.165) is 13.0 Å². The predicted octanol–water partition coefficient (Wildman–Crippen LogP) is -1.73. The number of ether oxygens (including phenoxy) is 1. The molecule has 0 saturated carbocycles. The van der Waals surface area contributed by atoms with Crippen LogP contribution in [-0.2, 0) is 4.74 Å². The number of hydrogen-bond donors (Lipinski definition) is 5. The lowest BCUT2D eigenvalue weighted by Crippen LogP contribution is -2.64. The van der Waals surface area contributed by atoms with Crippen molar-refractivity contribution in [3.8, 4) is 0 Å². The Morgan fingerprint density at radius 3 is 2.95 bits per heavy atom. The molecular weight excluding hydrogens is 292 g/mol. The van der Waals surface area contributed by atoms with E-state index in [2.05, 4.69) is 15.5 Å². The molecule has 0 radical (unpaired) electrons. The molecule has 0 bridgehead atoms. The Kier molecular flexibility index (Phi) is 4.51. The van der Waals surface area contributed by atoms with Gasteiger partial charge in [-0.15, -0.1) is 0 Å².